The first kappa shape index (κ1) is 25.2. The molecule has 1 heterocycles. The molecule has 3 aromatic carbocycles. The van der Waals surface area contributed by atoms with Gasteiger partial charge in [0.05, 0.1) is 33.7 Å². The lowest BCUT2D eigenvalue weighted by Gasteiger charge is -2.14. The van der Waals surface area contributed by atoms with Crippen LogP contribution in [0, 0.1) is 10.1 Å². The van der Waals surface area contributed by atoms with Crippen LogP contribution in [0.2, 0.25) is 10.0 Å². The maximum absolute atomic E-state index is 12.5. The molecule has 4 rings (SSSR count). The SMILES string of the molecule is CCOc1cc(/C=C2\N=C(c3cc([N+](=O)[O-])ccc3Cl)OC2=O)cc(Cl)c1OCCc1ccccc1. The molecule has 0 unspecified atom stereocenters. The maximum Gasteiger partial charge on any atom is 0.363 e. The van der Waals surface area contributed by atoms with Gasteiger partial charge in [-0.3, -0.25) is 10.1 Å². The molecule has 3 aromatic rings. The van der Waals surface area contributed by atoms with Crippen LogP contribution in [0.15, 0.2) is 71.4 Å². The number of rotatable bonds is 9. The summed E-state index contributed by atoms with van der Waals surface area (Å²) in [5.74, 6) is -0.0397. The number of nitrogens with zero attached hydrogens (tertiary/aromatic N) is 2. The van der Waals surface area contributed by atoms with E-state index in [2.05, 4.69) is 4.99 Å². The van der Waals surface area contributed by atoms with Crippen molar-refractivity contribution in [1.82, 2.24) is 0 Å². The van der Waals surface area contributed by atoms with Crippen LogP contribution in [0.25, 0.3) is 6.08 Å². The zero-order valence-electron chi connectivity index (χ0n) is 19.1. The normalized spacial score (nSPS) is 13.9. The van der Waals surface area contributed by atoms with E-state index in [-0.39, 0.29) is 27.9 Å². The summed E-state index contributed by atoms with van der Waals surface area (Å²) in [6, 6.07) is 17.0. The van der Waals surface area contributed by atoms with Gasteiger partial charge in [-0.2, -0.15) is 0 Å². The van der Waals surface area contributed by atoms with E-state index in [1.54, 1.807) is 12.1 Å². The van der Waals surface area contributed by atoms with Gasteiger partial charge < -0.3 is 14.2 Å². The Balaban J connectivity index is 1.59. The number of benzene rings is 3. The lowest BCUT2D eigenvalue weighted by atomic mass is 10.1. The molecule has 0 aromatic heterocycles. The Bertz CT molecular complexity index is 1370. The van der Waals surface area contributed by atoms with E-state index in [4.69, 9.17) is 37.4 Å². The average Bonchev–Trinajstić information content (AvgIpc) is 3.21. The molecule has 1 aliphatic rings. The highest BCUT2D eigenvalue weighted by molar-refractivity contribution is 6.34. The molecular weight excluding hydrogens is 507 g/mol. The fourth-order valence-corrected chi connectivity index (χ4v) is 3.93. The second-order valence-corrected chi connectivity index (χ2v) is 8.42. The molecule has 0 radical (unpaired) electrons. The van der Waals surface area contributed by atoms with Crippen LogP contribution in [0.4, 0.5) is 5.69 Å². The third-order valence-electron chi connectivity index (χ3n) is 5.13. The number of cyclic esters (lactones) is 1. The molecule has 8 nitrogen and oxygen atoms in total. The average molecular weight is 527 g/mol. The number of carbonyl (C=O) groups is 1. The quantitative estimate of drug-likeness (QED) is 0.141. The van der Waals surface area contributed by atoms with Crippen LogP contribution < -0.4 is 9.47 Å². The van der Waals surface area contributed by atoms with Crippen molar-refractivity contribution in [2.45, 2.75) is 13.3 Å². The first-order valence-corrected chi connectivity index (χ1v) is 11.7. The Morgan fingerprint density at radius 1 is 1.06 bits per heavy atom. The summed E-state index contributed by atoms with van der Waals surface area (Å²) >= 11 is 12.6. The van der Waals surface area contributed by atoms with Crippen LogP contribution >= 0.6 is 23.2 Å². The van der Waals surface area contributed by atoms with Gasteiger partial charge in [0, 0.05) is 18.6 Å². The molecule has 36 heavy (non-hydrogen) atoms. The fraction of sp³-hybridized carbons (Fsp3) is 0.154. The molecule has 0 atom stereocenters. The van der Waals surface area contributed by atoms with Gasteiger partial charge in [-0.05, 0) is 42.3 Å². The molecule has 0 N–H and O–H groups in total. The second kappa shape index (κ2) is 11.2. The number of hydrogen-bond donors (Lipinski definition) is 0. The van der Waals surface area contributed by atoms with Crippen LogP contribution in [-0.2, 0) is 16.0 Å². The Morgan fingerprint density at radius 2 is 1.83 bits per heavy atom. The van der Waals surface area contributed by atoms with Gasteiger partial charge in [0.2, 0.25) is 5.90 Å². The van der Waals surface area contributed by atoms with E-state index in [9.17, 15) is 14.9 Å². The lowest BCUT2D eigenvalue weighted by molar-refractivity contribution is -0.384. The van der Waals surface area contributed by atoms with Crippen molar-refractivity contribution in [3.63, 3.8) is 0 Å². The molecule has 0 amide bonds. The van der Waals surface area contributed by atoms with E-state index in [0.717, 1.165) is 5.56 Å². The van der Waals surface area contributed by atoms with Gasteiger partial charge in [-0.1, -0.05) is 53.5 Å². The third kappa shape index (κ3) is 5.84. The molecular formula is C26H20Cl2N2O6. The number of aliphatic imine (C=N–C) groups is 1. The molecule has 0 saturated heterocycles. The van der Waals surface area contributed by atoms with Crippen molar-refractivity contribution in [3.05, 3.63) is 103 Å². The maximum atomic E-state index is 12.5. The topological polar surface area (TPSA) is 100 Å². The lowest BCUT2D eigenvalue weighted by Crippen LogP contribution is -2.06. The summed E-state index contributed by atoms with van der Waals surface area (Å²) in [6.07, 6.45) is 2.17. The van der Waals surface area contributed by atoms with Gasteiger partial charge in [0.15, 0.2) is 17.2 Å². The Labute approximate surface area is 216 Å². The summed E-state index contributed by atoms with van der Waals surface area (Å²) in [5, 5.41) is 11.6. The standard InChI is InChI=1S/C26H20Cl2N2O6/c1-2-34-23-14-17(12-21(28)24(23)35-11-10-16-6-4-3-5-7-16)13-22-26(31)36-25(29-22)19-15-18(30(32)33)8-9-20(19)27/h3-9,12-15H,2,10-11H2,1H3/b22-13-. The number of carbonyl (C=O) groups excluding carboxylic acids is 1. The summed E-state index contributed by atoms with van der Waals surface area (Å²) < 4.78 is 16.9. The number of nitro benzene ring substituents is 1. The van der Waals surface area contributed by atoms with Crippen LogP contribution in [0.3, 0.4) is 0 Å². The number of non-ortho nitro benzene ring substituents is 1. The summed E-state index contributed by atoms with van der Waals surface area (Å²) in [4.78, 5) is 27.2. The van der Waals surface area contributed by atoms with Crippen LogP contribution in [0.5, 0.6) is 11.5 Å². The molecule has 0 aliphatic carbocycles. The van der Waals surface area contributed by atoms with E-state index < -0.39 is 10.9 Å². The molecule has 0 saturated carbocycles. The Morgan fingerprint density at radius 3 is 2.56 bits per heavy atom. The highest BCUT2D eigenvalue weighted by Gasteiger charge is 2.27. The summed E-state index contributed by atoms with van der Waals surface area (Å²) in [7, 11) is 0. The molecule has 0 bridgehead atoms. The minimum atomic E-state index is -0.732. The number of esters is 1. The largest absolute Gasteiger partial charge is 0.490 e. The van der Waals surface area contributed by atoms with E-state index in [1.807, 2.05) is 37.3 Å². The fourth-order valence-electron chi connectivity index (χ4n) is 3.46. The molecule has 10 heteroatoms. The predicted octanol–water partition coefficient (Wildman–Crippen LogP) is 6.27. The summed E-state index contributed by atoms with van der Waals surface area (Å²) in [5.41, 5.74) is 1.56. The highest BCUT2D eigenvalue weighted by Crippen LogP contribution is 2.38. The number of nitro groups is 1. The zero-order chi connectivity index (χ0) is 25.7. The van der Waals surface area contributed by atoms with E-state index >= 15 is 0 Å². The van der Waals surface area contributed by atoms with Crippen molar-refractivity contribution >= 4 is 46.8 Å². The predicted molar refractivity (Wildman–Crippen MR) is 137 cm³/mol. The third-order valence-corrected chi connectivity index (χ3v) is 5.74. The van der Waals surface area contributed by atoms with Crippen molar-refractivity contribution in [1.29, 1.82) is 0 Å². The van der Waals surface area contributed by atoms with Gasteiger partial charge in [0.1, 0.15) is 0 Å². The number of ether oxygens (including phenoxy) is 3. The number of halogens is 2. The van der Waals surface area contributed by atoms with Gasteiger partial charge in [-0.15, -0.1) is 0 Å². The zero-order valence-corrected chi connectivity index (χ0v) is 20.6. The minimum absolute atomic E-state index is 0.0242. The Hall–Kier alpha value is -3.88. The van der Waals surface area contributed by atoms with E-state index in [1.165, 1.54) is 24.3 Å². The minimum Gasteiger partial charge on any atom is -0.490 e. The molecule has 184 valence electrons. The molecule has 1 aliphatic heterocycles. The van der Waals surface area contributed by atoms with Gasteiger partial charge in [0.25, 0.3) is 5.69 Å². The first-order chi connectivity index (χ1) is 17.4. The number of hydrogen-bond acceptors (Lipinski definition) is 7. The van der Waals surface area contributed by atoms with Crippen molar-refractivity contribution in [2.75, 3.05) is 13.2 Å². The molecule has 0 spiro atoms. The summed E-state index contributed by atoms with van der Waals surface area (Å²) in [6.45, 7) is 2.61. The van der Waals surface area contributed by atoms with Crippen molar-refractivity contribution in [3.8, 4) is 11.5 Å². The van der Waals surface area contributed by atoms with Crippen LogP contribution in [-0.4, -0.2) is 30.0 Å². The van der Waals surface area contributed by atoms with Crippen LogP contribution in [0.1, 0.15) is 23.6 Å². The van der Waals surface area contributed by atoms with Gasteiger partial charge in [-0.25, -0.2) is 9.79 Å². The smallest absolute Gasteiger partial charge is 0.363 e. The van der Waals surface area contributed by atoms with Crippen molar-refractivity contribution < 1.29 is 23.9 Å². The van der Waals surface area contributed by atoms with Crippen molar-refractivity contribution in [2.24, 2.45) is 4.99 Å². The Kier molecular flexibility index (Phi) is 7.87. The first-order valence-electron chi connectivity index (χ1n) is 11.0. The van der Waals surface area contributed by atoms with Gasteiger partial charge >= 0.3 is 5.97 Å². The monoisotopic (exact) mass is 526 g/mol. The van der Waals surface area contributed by atoms with E-state index in [0.29, 0.717) is 41.7 Å². The highest BCUT2D eigenvalue weighted by atomic mass is 35.5. The molecule has 0 fully saturated rings. The second-order valence-electron chi connectivity index (χ2n) is 7.60.